The van der Waals surface area contributed by atoms with E-state index in [1.807, 2.05) is 0 Å². The van der Waals surface area contributed by atoms with Crippen molar-refractivity contribution in [3.05, 3.63) is 12.4 Å². The summed E-state index contributed by atoms with van der Waals surface area (Å²) >= 11 is 0. The van der Waals surface area contributed by atoms with Gasteiger partial charge in [0, 0.05) is 25.8 Å². The number of aliphatic carboxylic acids is 1. The summed E-state index contributed by atoms with van der Waals surface area (Å²) in [5.41, 5.74) is -0.795. The van der Waals surface area contributed by atoms with Gasteiger partial charge < -0.3 is 19.9 Å². The molecule has 7 nitrogen and oxygen atoms in total. The highest BCUT2D eigenvalue weighted by molar-refractivity contribution is 5.75. The highest BCUT2D eigenvalue weighted by Crippen LogP contribution is 2.31. The Bertz CT molecular complexity index is 446. The van der Waals surface area contributed by atoms with Gasteiger partial charge in [0.05, 0.1) is 12.5 Å². The largest absolute Gasteiger partial charge is 0.481 e. The van der Waals surface area contributed by atoms with Crippen LogP contribution in [0.25, 0.3) is 0 Å². The van der Waals surface area contributed by atoms with Crippen LogP contribution in [-0.2, 0) is 9.53 Å². The SMILES string of the molecule is COc1cc(NCC2(C(=O)O)CCOCC2)ncn1. The fraction of sp³-hybridized carbons (Fsp3) is 0.583. The minimum absolute atomic E-state index is 0.311. The molecule has 2 rings (SSSR count). The van der Waals surface area contributed by atoms with E-state index in [9.17, 15) is 9.90 Å². The monoisotopic (exact) mass is 267 g/mol. The maximum atomic E-state index is 11.5. The number of hydrogen-bond donors (Lipinski definition) is 2. The number of ether oxygens (including phenoxy) is 2. The molecule has 104 valence electrons. The Balaban J connectivity index is 2.04. The van der Waals surface area contributed by atoms with E-state index >= 15 is 0 Å². The fourth-order valence-electron chi connectivity index (χ4n) is 2.04. The average Bonchev–Trinajstić information content (AvgIpc) is 2.46. The normalized spacial score (nSPS) is 17.7. The predicted molar refractivity (Wildman–Crippen MR) is 67.2 cm³/mol. The van der Waals surface area contributed by atoms with Gasteiger partial charge in [-0.2, -0.15) is 0 Å². The van der Waals surface area contributed by atoms with Crippen molar-refractivity contribution in [2.24, 2.45) is 5.41 Å². The average molecular weight is 267 g/mol. The van der Waals surface area contributed by atoms with Crippen LogP contribution in [0.4, 0.5) is 5.82 Å². The molecule has 0 amide bonds. The quantitative estimate of drug-likeness (QED) is 0.814. The van der Waals surface area contributed by atoms with Crippen molar-refractivity contribution in [3.63, 3.8) is 0 Å². The molecule has 0 aliphatic carbocycles. The third kappa shape index (κ3) is 3.11. The van der Waals surface area contributed by atoms with Gasteiger partial charge in [-0.1, -0.05) is 0 Å². The zero-order valence-corrected chi connectivity index (χ0v) is 10.8. The number of rotatable bonds is 5. The lowest BCUT2D eigenvalue weighted by molar-refractivity contribution is -0.153. The van der Waals surface area contributed by atoms with Crippen molar-refractivity contribution in [3.8, 4) is 5.88 Å². The Morgan fingerprint density at radius 1 is 1.53 bits per heavy atom. The van der Waals surface area contributed by atoms with Gasteiger partial charge in [-0.15, -0.1) is 0 Å². The summed E-state index contributed by atoms with van der Waals surface area (Å²) in [6, 6.07) is 1.63. The lowest BCUT2D eigenvalue weighted by atomic mass is 9.80. The first-order valence-corrected chi connectivity index (χ1v) is 6.07. The van der Waals surface area contributed by atoms with Gasteiger partial charge in [0.25, 0.3) is 0 Å². The third-order valence-electron chi connectivity index (χ3n) is 3.36. The summed E-state index contributed by atoms with van der Waals surface area (Å²) in [6.07, 6.45) is 2.37. The van der Waals surface area contributed by atoms with E-state index < -0.39 is 11.4 Å². The molecule has 0 unspecified atom stereocenters. The highest BCUT2D eigenvalue weighted by Gasteiger charge is 2.40. The molecule has 1 aromatic heterocycles. The molecule has 0 saturated carbocycles. The first kappa shape index (κ1) is 13.5. The predicted octanol–water partition coefficient (Wildman–Crippen LogP) is 0.778. The molecule has 1 aliphatic heterocycles. The van der Waals surface area contributed by atoms with Crippen molar-refractivity contribution >= 4 is 11.8 Å². The van der Waals surface area contributed by atoms with Gasteiger partial charge in [0.1, 0.15) is 12.1 Å². The number of nitrogens with zero attached hydrogens (tertiary/aromatic N) is 2. The highest BCUT2D eigenvalue weighted by atomic mass is 16.5. The second kappa shape index (κ2) is 5.83. The van der Waals surface area contributed by atoms with Crippen LogP contribution in [-0.4, -0.2) is 47.9 Å². The minimum atomic E-state index is -0.802. The van der Waals surface area contributed by atoms with Crippen LogP contribution < -0.4 is 10.1 Å². The van der Waals surface area contributed by atoms with Crippen LogP contribution in [0.2, 0.25) is 0 Å². The fourth-order valence-corrected chi connectivity index (χ4v) is 2.04. The van der Waals surface area contributed by atoms with Crippen LogP contribution >= 0.6 is 0 Å². The van der Waals surface area contributed by atoms with Gasteiger partial charge in [-0.3, -0.25) is 4.79 Å². The maximum Gasteiger partial charge on any atom is 0.311 e. The van der Waals surface area contributed by atoms with E-state index in [0.29, 0.717) is 44.3 Å². The molecule has 1 fully saturated rings. The molecule has 0 spiro atoms. The van der Waals surface area contributed by atoms with Gasteiger partial charge in [0.15, 0.2) is 0 Å². The number of aromatic nitrogens is 2. The van der Waals surface area contributed by atoms with Crippen LogP contribution in [0.15, 0.2) is 12.4 Å². The first-order valence-electron chi connectivity index (χ1n) is 6.07. The van der Waals surface area contributed by atoms with Gasteiger partial charge >= 0.3 is 5.97 Å². The summed E-state index contributed by atoms with van der Waals surface area (Å²) in [5.74, 6) is 0.192. The second-order valence-corrected chi connectivity index (χ2v) is 4.50. The molecule has 0 radical (unpaired) electrons. The smallest absolute Gasteiger partial charge is 0.311 e. The number of carboxylic acids is 1. The number of methoxy groups -OCH3 is 1. The van der Waals surface area contributed by atoms with Crippen LogP contribution in [0.5, 0.6) is 5.88 Å². The minimum Gasteiger partial charge on any atom is -0.481 e. The summed E-state index contributed by atoms with van der Waals surface area (Å²) in [7, 11) is 1.52. The van der Waals surface area contributed by atoms with E-state index in [0.717, 1.165) is 0 Å². The molecule has 2 N–H and O–H groups in total. The van der Waals surface area contributed by atoms with E-state index in [1.54, 1.807) is 6.07 Å². The summed E-state index contributed by atoms with van der Waals surface area (Å²) in [4.78, 5) is 19.4. The molecule has 7 heteroatoms. The molecule has 2 heterocycles. The molecular weight excluding hydrogens is 250 g/mol. The summed E-state index contributed by atoms with van der Waals surface area (Å²) < 4.78 is 10.2. The third-order valence-corrected chi connectivity index (χ3v) is 3.36. The molecule has 0 aromatic carbocycles. The van der Waals surface area contributed by atoms with E-state index in [-0.39, 0.29) is 0 Å². The van der Waals surface area contributed by atoms with Crippen LogP contribution in [0.1, 0.15) is 12.8 Å². The van der Waals surface area contributed by atoms with E-state index in [1.165, 1.54) is 13.4 Å². The molecule has 1 aliphatic rings. The molecule has 0 atom stereocenters. The topological polar surface area (TPSA) is 93.6 Å². The van der Waals surface area contributed by atoms with Crippen molar-refractivity contribution in [1.29, 1.82) is 0 Å². The Labute approximate surface area is 111 Å². The number of carboxylic acid groups (broad SMARTS) is 1. The van der Waals surface area contributed by atoms with E-state index in [4.69, 9.17) is 9.47 Å². The zero-order chi connectivity index (χ0) is 13.7. The number of anilines is 1. The number of carbonyl (C=O) groups is 1. The Morgan fingerprint density at radius 2 is 2.26 bits per heavy atom. The van der Waals surface area contributed by atoms with Crippen molar-refractivity contribution in [1.82, 2.24) is 9.97 Å². The molecule has 0 bridgehead atoms. The van der Waals surface area contributed by atoms with E-state index in [2.05, 4.69) is 15.3 Å². The van der Waals surface area contributed by atoms with Crippen molar-refractivity contribution in [2.75, 3.05) is 32.2 Å². The Kier molecular flexibility index (Phi) is 4.16. The summed E-state index contributed by atoms with van der Waals surface area (Å²) in [5, 5.41) is 12.5. The van der Waals surface area contributed by atoms with Crippen molar-refractivity contribution in [2.45, 2.75) is 12.8 Å². The Morgan fingerprint density at radius 3 is 2.89 bits per heavy atom. The second-order valence-electron chi connectivity index (χ2n) is 4.50. The maximum absolute atomic E-state index is 11.5. The molecule has 1 aromatic rings. The molecule has 1 saturated heterocycles. The zero-order valence-electron chi connectivity index (χ0n) is 10.8. The van der Waals surface area contributed by atoms with Crippen molar-refractivity contribution < 1.29 is 19.4 Å². The molecule has 19 heavy (non-hydrogen) atoms. The number of nitrogens with one attached hydrogen (secondary N) is 1. The standard InChI is InChI=1S/C12H17N3O4/c1-18-10-6-9(14-8-15-10)13-7-12(11(16)17)2-4-19-5-3-12/h6,8H,2-5,7H2,1H3,(H,16,17)(H,13,14,15). The van der Waals surface area contributed by atoms with Crippen LogP contribution in [0, 0.1) is 5.41 Å². The first-order chi connectivity index (χ1) is 9.16. The number of hydrogen-bond acceptors (Lipinski definition) is 6. The molecular formula is C12H17N3O4. The Hall–Kier alpha value is -1.89. The van der Waals surface area contributed by atoms with Gasteiger partial charge in [-0.25, -0.2) is 9.97 Å². The van der Waals surface area contributed by atoms with Gasteiger partial charge in [0.2, 0.25) is 5.88 Å². The van der Waals surface area contributed by atoms with Crippen LogP contribution in [0.3, 0.4) is 0 Å². The summed E-state index contributed by atoms with van der Waals surface area (Å²) in [6.45, 7) is 1.26. The van der Waals surface area contributed by atoms with Gasteiger partial charge in [-0.05, 0) is 12.8 Å². The lowest BCUT2D eigenvalue weighted by Gasteiger charge is -2.33. The lowest BCUT2D eigenvalue weighted by Crippen LogP contribution is -2.42.